The lowest BCUT2D eigenvalue weighted by molar-refractivity contribution is -0.131. The van der Waals surface area contributed by atoms with Gasteiger partial charge in [-0.3, -0.25) is 4.79 Å². The fourth-order valence-corrected chi connectivity index (χ4v) is 2.72. The predicted molar refractivity (Wildman–Crippen MR) is 85.2 cm³/mol. The van der Waals surface area contributed by atoms with Gasteiger partial charge in [-0.05, 0) is 37.6 Å². The van der Waals surface area contributed by atoms with Crippen molar-refractivity contribution >= 4 is 39.6 Å². The van der Waals surface area contributed by atoms with Gasteiger partial charge in [0, 0.05) is 29.3 Å². The molecule has 0 spiro atoms. The summed E-state index contributed by atoms with van der Waals surface area (Å²) in [6.45, 7) is 4.94. The van der Waals surface area contributed by atoms with E-state index in [9.17, 15) is 9.59 Å². The molecule has 1 amide bonds. The van der Waals surface area contributed by atoms with E-state index in [0.29, 0.717) is 13.1 Å². The number of nitrogens with zero attached hydrogens (tertiary/aromatic N) is 1. The average molecular weight is 353 g/mol. The number of benzene rings is 1. The molecule has 2 rings (SSSR count). The minimum atomic E-state index is -1.00. The molecule has 2 N–H and O–H groups in total. The molecule has 1 aliphatic rings. The van der Waals surface area contributed by atoms with E-state index in [4.69, 9.17) is 5.11 Å². The molecule has 1 fully saturated rings. The van der Waals surface area contributed by atoms with Crippen molar-refractivity contribution in [3.05, 3.63) is 34.3 Å². The van der Waals surface area contributed by atoms with Crippen LogP contribution in [-0.4, -0.2) is 35.6 Å². The van der Waals surface area contributed by atoms with Gasteiger partial charge in [0.25, 0.3) is 0 Å². The van der Waals surface area contributed by atoms with Crippen molar-refractivity contribution in [3.63, 3.8) is 0 Å². The number of hydrogen-bond acceptors (Lipinski definition) is 3. The van der Waals surface area contributed by atoms with E-state index in [2.05, 4.69) is 21.2 Å². The Morgan fingerprint density at radius 3 is 2.86 bits per heavy atom. The number of aliphatic carboxylic acids is 1. The first-order chi connectivity index (χ1) is 9.82. The third-order valence-electron chi connectivity index (χ3n) is 3.54. The summed E-state index contributed by atoms with van der Waals surface area (Å²) in [6, 6.07) is 5.59. The van der Waals surface area contributed by atoms with Crippen LogP contribution in [0.15, 0.2) is 28.7 Å². The summed E-state index contributed by atoms with van der Waals surface area (Å²) >= 11 is 3.43. The zero-order valence-corrected chi connectivity index (χ0v) is 13.5. The summed E-state index contributed by atoms with van der Waals surface area (Å²) in [4.78, 5) is 24.8. The average Bonchev–Trinajstić information content (AvgIpc) is 2.40. The fourth-order valence-electron chi connectivity index (χ4n) is 2.37. The van der Waals surface area contributed by atoms with Crippen LogP contribution in [0.2, 0.25) is 0 Å². The van der Waals surface area contributed by atoms with Gasteiger partial charge < -0.3 is 15.3 Å². The molecule has 1 aliphatic heterocycles. The Bertz CT molecular complexity index is 611. The van der Waals surface area contributed by atoms with Gasteiger partial charge in [-0.2, -0.15) is 0 Å². The molecule has 6 heteroatoms. The van der Waals surface area contributed by atoms with Crippen molar-refractivity contribution in [2.24, 2.45) is 0 Å². The van der Waals surface area contributed by atoms with E-state index in [1.54, 1.807) is 6.08 Å². The van der Waals surface area contributed by atoms with Crippen molar-refractivity contribution in [2.45, 2.75) is 19.4 Å². The highest BCUT2D eigenvalue weighted by Crippen LogP contribution is 2.32. The van der Waals surface area contributed by atoms with E-state index in [0.717, 1.165) is 21.8 Å². The minimum absolute atomic E-state index is 0.0399. The number of hydrogen-bond donors (Lipinski definition) is 2. The summed E-state index contributed by atoms with van der Waals surface area (Å²) in [6.07, 6.45) is 2.65. The van der Waals surface area contributed by atoms with Gasteiger partial charge in [-0.15, -0.1) is 0 Å². The molecule has 0 atom stereocenters. The number of piperazine rings is 1. The van der Waals surface area contributed by atoms with Crippen molar-refractivity contribution in [2.75, 3.05) is 18.0 Å². The van der Waals surface area contributed by atoms with E-state index < -0.39 is 11.5 Å². The molecule has 0 unspecified atom stereocenters. The summed E-state index contributed by atoms with van der Waals surface area (Å²) < 4.78 is 0.881. The first-order valence-electron chi connectivity index (χ1n) is 6.59. The van der Waals surface area contributed by atoms with Crippen LogP contribution in [0.3, 0.4) is 0 Å². The van der Waals surface area contributed by atoms with E-state index >= 15 is 0 Å². The van der Waals surface area contributed by atoms with Gasteiger partial charge in [-0.1, -0.05) is 22.0 Å². The predicted octanol–water partition coefficient (Wildman–Crippen LogP) is 2.26. The maximum atomic E-state index is 12.1. The topological polar surface area (TPSA) is 69.6 Å². The molecule has 0 saturated carbocycles. The molecule has 0 aromatic heterocycles. The zero-order chi connectivity index (χ0) is 15.6. The molecular weight excluding hydrogens is 336 g/mol. The van der Waals surface area contributed by atoms with Gasteiger partial charge in [0.05, 0.1) is 0 Å². The molecule has 1 saturated heterocycles. The van der Waals surface area contributed by atoms with Crippen LogP contribution in [-0.2, 0) is 9.59 Å². The lowest BCUT2D eigenvalue weighted by Gasteiger charge is -2.43. The summed E-state index contributed by atoms with van der Waals surface area (Å²) in [5.74, 6) is -1.04. The van der Waals surface area contributed by atoms with Crippen molar-refractivity contribution in [1.29, 1.82) is 0 Å². The van der Waals surface area contributed by atoms with E-state index in [1.807, 2.05) is 36.9 Å². The number of anilines is 1. The van der Waals surface area contributed by atoms with Crippen LogP contribution in [0, 0.1) is 0 Å². The summed E-state index contributed by atoms with van der Waals surface area (Å²) in [5, 5.41) is 11.7. The third-order valence-corrected chi connectivity index (χ3v) is 4.03. The van der Waals surface area contributed by atoms with Crippen molar-refractivity contribution in [3.8, 4) is 0 Å². The highest BCUT2D eigenvalue weighted by Gasteiger charge is 2.38. The number of carboxylic acid groups (broad SMARTS) is 1. The molecule has 112 valence electrons. The number of nitrogens with one attached hydrogen (secondary N) is 1. The van der Waals surface area contributed by atoms with E-state index in [1.165, 1.54) is 0 Å². The minimum Gasteiger partial charge on any atom is -0.478 e. The van der Waals surface area contributed by atoms with Gasteiger partial charge in [-0.25, -0.2) is 4.79 Å². The number of halogens is 1. The molecule has 0 bridgehead atoms. The molecule has 1 aromatic carbocycles. The van der Waals surface area contributed by atoms with Crippen molar-refractivity contribution < 1.29 is 14.7 Å². The van der Waals surface area contributed by atoms with Crippen molar-refractivity contribution in [1.82, 2.24) is 5.32 Å². The SMILES string of the molecule is CC1(C)C(=O)NCCN1c1cc(Br)ccc1C=CC(=O)O. The Labute approximate surface area is 131 Å². The second-order valence-corrected chi connectivity index (χ2v) is 6.26. The second-order valence-electron chi connectivity index (χ2n) is 5.34. The molecule has 5 nitrogen and oxygen atoms in total. The number of carbonyl (C=O) groups is 2. The first kappa shape index (κ1) is 15.6. The molecule has 21 heavy (non-hydrogen) atoms. The molecule has 0 radical (unpaired) electrons. The normalized spacial score (nSPS) is 17.9. The van der Waals surface area contributed by atoms with Crippen LogP contribution in [0.5, 0.6) is 0 Å². The van der Waals surface area contributed by atoms with Crippen LogP contribution in [0.4, 0.5) is 5.69 Å². The van der Waals surface area contributed by atoms with Crippen LogP contribution < -0.4 is 10.2 Å². The maximum absolute atomic E-state index is 12.1. The highest BCUT2D eigenvalue weighted by molar-refractivity contribution is 9.10. The standard InChI is InChI=1S/C15H17BrN2O3/c1-15(2)14(21)17-7-8-18(15)12-9-11(16)5-3-10(12)4-6-13(19)20/h3-6,9H,7-8H2,1-2H3,(H,17,21)(H,19,20). The summed E-state index contributed by atoms with van der Waals surface area (Å²) in [5.41, 5.74) is 0.912. The second kappa shape index (κ2) is 5.89. The van der Waals surface area contributed by atoms with Gasteiger partial charge in [0.15, 0.2) is 0 Å². The third kappa shape index (κ3) is 3.26. The Kier molecular flexibility index (Phi) is 4.37. The largest absolute Gasteiger partial charge is 0.478 e. The van der Waals surface area contributed by atoms with Gasteiger partial charge in [0.2, 0.25) is 5.91 Å². The lowest BCUT2D eigenvalue weighted by atomic mass is 9.96. The first-order valence-corrected chi connectivity index (χ1v) is 7.38. The number of carbonyl (C=O) groups excluding carboxylic acids is 1. The van der Waals surface area contributed by atoms with E-state index in [-0.39, 0.29) is 5.91 Å². The summed E-state index contributed by atoms with van der Waals surface area (Å²) in [7, 11) is 0. The smallest absolute Gasteiger partial charge is 0.328 e. The van der Waals surface area contributed by atoms with Crippen LogP contribution >= 0.6 is 15.9 Å². The molecule has 1 heterocycles. The fraction of sp³-hybridized carbons (Fsp3) is 0.333. The number of carboxylic acids is 1. The van der Waals surface area contributed by atoms with Gasteiger partial charge >= 0.3 is 5.97 Å². The number of rotatable bonds is 3. The Morgan fingerprint density at radius 2 is 2.19 bits per heavy atom. The van der Waals surface area contributed by atoms with Crippen LogP contribution in [0.1, 0.15) is 19.4 Å². The monoisotopic (exact) mass is 352 g/mol. The lowest BCUT2D eigenvalue weighted by Crippen LogP contribution is -2.62. The Balaban J connectivity index is 2.48. The van der Waals surface area contributed by atoms with Gasteiger partial charge in [0.1, 0.15) is 5.54 Å². The zero-order valence-electron chi connectivity index (χ0n) is 11.9. The Hall–Kier alpha value is -1.82. The number of amides is 1. The van der Waals surface area contributed by atoms with Crippen LogP contribution in [0.25, 0.3) is 6.08 Å². The molecule has 0 aliphatic carbocycles. The Morgan fingerprint density at radius 1 is 1.48 bits per heavy atom. The highest BCUT2D eigenvalue weighted by atomic mass is 79.9. The quantitative estimate of drug-likeness (QED) is 0.818. The maximum Gasteiger partial charge on any atom is 0.328 e. The molecular formula is C15H17BrN2O3. The molecule has 1 aromatic rings.